The van der Waals surface area contributed by atoms with Gasteiger partial charge < -0.3 is 31.3 Å². The highest BCUT2D eigenvalue weighted by Crippen LogP contribution is 2.38. The van der Waals surface area contributed by atoms with Crippen molar-refractivity contribution in [2.24, 2.45) is 17.8 Å². The molecule has 2 aliphatic carbocycles. The summed E-state index contributed by atoms with van der Waals surface area (Å²) in [6, 6.07) is 0. The average Bonchev–Trinajstić information content (AvgIpc) is 2.69. The van der Waals surface area contributed by atoms with Crippen molar-refractivity contribution in [1.82, 2.24) is 0 Å². The predicted molar refractivity (Wildman–Crippen MR) is 106 cm³/mol. The molecule has 160 valence electrons. The molecule has 2 unspecified atom stereocenters. The summed E-state index contributed by atoms with van der Waals surface area (Å²) in [5.74, 6) is 0.163. The van der Waals surface area contributed by atoms with Gasteiger partial charge in [-0.15, -0.1) is 0 Å². The van der Waals surface area contributed by atoms with Crippen LogP contribution in [-0.4, -0.2) is 55.0 Å². The number of quaternary nitrogens is 1. The van der Waals surface area contributed by atoms with Crippen LogP contribution in [0.15, 0.2) is 0 Å². The van der Waals surface area contributed by atoms with Crippen molar-refractivity contribution in [2.45, 2.75) is 84.2 Å². The second-order valence-electron chi connectivity index (χ2n) is 8.96. The summed E-state index contributed by atoms with van der Waals surface area (Å²) in [5.41, 5.74) is 0. The number of hydrogen-bond donors (Lipinski definition) is 1. The van der Waals surface area contributed by atoms with E-state index < -0.39 is 6.10 Å². The number of aliphatic hydroxyl groups is 1. The minimum Gasteiger partial charge on any atom is -1.00 e. The summed E-state index contributed by atoms with van der Waals surface area (Å²) < 4.78 is 6.68. The molecule has 0 aromatic rings. The zero-order valence-corrected chi connectivity index (χ0v) is 19.4. The number of ether oxygens (including phenoxy) is 1. The van der Waals surface area contributed by atoms with Crippen LogP contribution in [0.5, 0.6) is 0 Å². The van der Waals surface area contributed by atoms with Crippen molar-refractivity contribution in [2.75, 3.05) is 33.3 Å². The van der Waals surface area contributed by atoms with Gasteiger partial charge in [0.25, 0.3) is 0 Å². The summed E-state index contributed by atoms with van der Waals surface area (Å²) in [6.07, 6.45) is 11.1. The topological polar surface area (TPSA) is 46.5 Å². The van der Waals surface area contributed by atoms with Crippen LogP contribution in [0.1, 0.15) is 78.1 Å². The second-order valence-corrected chi connectivity index (χ2v) is 8.96. The summed E-state index contributed by atoms with van der Waals surface area (Å²) in [5, 5.41) is 11.1. The highest BCUT2D eigenvalue weighted by molar-refractivity contribution is 5.73. The molecule has 1 N–H and O–H groups in total. The van der Waals surface area contributed by atoms with E-state index in [0.717, 1.165) is 49.8 Å². The Labute approximate surface area is 177 Å². The molecule has 0 spiro atoms. The van der Waals surface area contributed by atoms with Crippen LogP contribution < -0.4 is 17.0 Å². The molecular weight excluding hydrogens is 406 g/mol. The fourth-order valence-electron chi connectivity index (χ4n) is 4.88. The number of likely N-dealkylation sites (N-methyl/N-ethyl adjacent to an activating group) is 1. The quantitative estimate of drug-likeness (QED) is 0.426. The lowest BCUT2D eigenvalue weighted by molar-refractivity contribution is -0.906. The lowest BCUT2D eigenvalue weighted by atomic mass is 9.72. The van der Waals surface area contributed by atoms with Gasteiger partial charge in [-0.25, -0.2) is 0 Å². The number of carbonyl (C=O) groups is 1. The minimum atomic E-state index is -0.510. The first kappa shape index (κ1) is 24.9. The van der Waals surface area contributed by atoms with Crippen LogP contribution in [0, 0.1) is 17.8 Å². The Morgan fingerprint density at radius 2 is 1.44 bits per heavy atom. The van der Waals surface area contributed by atoms with Crippen molar-refractivity contribution in [3.8, 4) is 0 Å². The highest BCUT2D eigenvalue weighted by Gasteiger charge is 2.40. The lowest BCUT2D eigenvalue weighted by Crippen LogP contribution is -3.00. The van der Waals surface area contributed by atoms with Crippen LogP contribution in [0.3, 0.4) is 0 Å². The van der Waals surface area contributed by atoms with Crippen molar-refractivity contribution < 1.29 is 36.1 Å². The van der Waals surface area contributed by atoms with E-state index >= 15 is 0 Å². The number of halogens is 1. The van der Waals surface area contributed by atoms with E-state index in [4.69, 9.17) is 4.74 Å². The van der Waals surface area contributed by atoms with Gasteiger partial charge >= 0.3 is 5.97 Å². The molecule has 0 saturated heterocycles. The van der Waals surface area contributed by atoms with E-state index in [0.29, 0.717) is 12.5 Å². The van der Waals surface area contributed by atoms with Gasteiger partial charge in [-0.05, 0) is 51.4 Å². The third-order valence-electron chi connectivity index (χ3n) is 7.33. The highest BCUT2D eigenvalue weighted by atomic mass is 79.9. The molecule has 0 aliphatic heterocycles. The number of hydrogen-bond acceptors (Lipinski definition) is 3. The third kappa shape index (κ3) is 7.32. The summed E-state index contributed by atoms with van der Waals surface area (Å²) in [7, 11) is 2.21. The smallest absolute Gasteiger partial charge is 0.312 e. The minimum absolute atomic E-state index is 0. The predicted octanol–water partition coefficient (Wildman–Crippen LogP) is 1.16. The van der Waals surface area contributed by atoms with Crippen molar-refractivity contribution in [1.29, 1.82) is 0 Å². The molecule has 0 bridgehead atoms. The third-order valence-corrected chi connectivity index (χ3v) is 7.33. The first-order chi connectivity index (χ1) is 12.5. The number of carbonyl (C=O) groups excluding carboxylic acids is 1. The van der Waals surface area contributed by atoms with E-state index in [2.05, 4.69) is 20.9 Å². The van der Waals surface area contributed by atoms with Crippen LogP contribution in [0.4, 0.5) is 0 Å². The van der Waals surface area contributed by atoms with E-state index in [-0.39, 0.29) is 34.8 Å². The summed E-state index contributed by atoms with van der Waals surface area (Å²) in [4.78, 5) is 13.0. The molecule has 2 fully saturated rings. The van der Waals surface area contributed by atoms with Gasteiger partial charge in [0, 0.05) is 0 Å². The Bertz CT molecular complexity index is 416. The Morgan fingerprint density at radius 3 is 1.93 bits per heavy atom. The number of nitrogens with zero attached hydrogens (tertiary/aromatic N) is 1. The Morgan fingerprint density at radius 1 is 0.963 bits per heavy atom. The maximum absolute atomic E-state index is 13.0. The van der Waals surface area contributed by atoms with Crippen molar-refractivity contribution in [3.63, 3.8) is 0 Å². The Balaban J connectivity index is 0.00000364. The molecule has 2 rings (SSSR count). The van der Waals surface area contributed by atoms with Crippen molar-refractivity contribution in [3.05, 3.63) is 0 Å². The van der Waals surface area contributed by atoms with Gasteiger partial charge in [0.05, 0.1) is 32.2 Å². The molecular formula is C22H42BrNO3. The maximum atomic E-state index is 13.0. The molecule has 2 saturated carbocycles. The summed E-state index contributed by atoms with van der Waals surface area (Å²) >= 11 is 0. The molecule has 0 amide bonds. The molecule has 27 heavy (non-hydrogen) atoms. The van der Waals surface area contributed by atoms with Crippen LogP contribution in [-0.2, 0) is 9.53 Å². The molecule has 2 aliphatic rings. The molecule has 5 heteroatoms. The molecule has 0 radical (unpaired) electrons. The Hall–Kier alpha value is -0.130. The zero-order valence-electron chi connectivity index (χ0n) is 17.8. The van der Waals surface area contributed by atoms with Crippen LogP contribution in [0.25, 0.3) is 0 Å². The van der Waals surface area contributed by atoms with E-state index in [1.807, 2.05) is 0 Å². The maximum Gasteiger partial charge on any atom is 0.312 e. The first-order valence-corrected chi connectivity index (χ1v) is 11.2. The van der Waals surface area contributed by atoms with Crippen LogP contribution >= 0.6 is 0 Å². The molecule has 0 aromatic heterocycles. The van der Waals surface area contributed by atoms with Gasteiger partial charge in [-0.2, -0.15) is 0 Å². The van der Waals surface area contributed by atoms with Crippen molar-refractivity contribution >= 4 is 5.97 Å². The average molecular weight is 448 g/mol. The molecule has 4 nitrogen and oxygen atoms in total. The second kappa shape index (κ2) is 12.4. The van der Waals surface area contributed by atoms with Gasteiger partial charge in [-0.1, -0.05) is 38.5 Å². The monoisotopic (exact) mass is 447 g/mol. The fraction of sp³-hybridized carbons (Fsp3) is 0.955. The van der Waals surface area contributed by atoms with Gasteiger partial charge in [0.15, 0.2) is 0 Å². The number of rotatable bonds is 9. The number of aliphatic hydroxyl groups excluding tert-OH is 1. The number of esters is 1. The first-order valence-electron chi connectivity index (χ1n) is 11.2. The van der Waals surface area contributed by atoms with E-state index in [9.17, 15) is 9.90 Å². The largest absolute Gasteiger partial charge is 1.00 e. The Kier molecular flexibility index (Phi) is 11.5. The summed E-state index contributed by atoms with van der Waals surface area (Å²) in [6.45, 7) is 7.79. The normalized spacial score (nSPS) is 21.9. The fourth-order valence-corrected chi connectivity index (χ4v) is 4.88. The lowest BCUT2D eigenvalue weighted by Gasteiger charge is -2.37. The molecule has 2 atom stereocenters. The molecule has 0 heterocycles. The van der Waals surface area contributed by atoms with Gasteiger partial charge in [0.2, 0.25) is 0 Å². The van der Waals surface area contributed by atoms with Gasteiger partial charge in [-0.3, -0.25) is 4.79 Å². The SMILES string of the molecule is CC[N+](C)(CC)CCOC(=O)C(C1CCCCC1)C(O)C1CCCCC1.[Br-]. The van der Waals surface area contributed by atoms with Gasteiger partial charge in [0.1, 0.15) is 13.2 Å². The standard InChI is InChI=1S/C22H42NO3.BrH/c1-4-23(3,5-2)16-17-26-22(25)20(18-12-8-6-9-13-18)21(24)19-14-10-7-11-15-19;/h18-21,24H,4-17H2,1-3H3;1H/q+1;/p-1. The van der Waals surface area contributed by atoms with Crippen LogP contribution in [0.2, 0.25) is 0 Å². The zero-order chi connectivity index (χ0) is 19.0. The molecule has 0 aromatic carbocycles. The van der Waals surface area contributed by atoms with E-state index in [1.165, 1.54) is 38.5 Å². The van der Waals surface area contributed by atoms with E-state index in [1.54, 1.807) is 0 Å².